The molecule has 1 rings (SSSR count). The van der Waals surface area contributed by atoms with E-state index in [2.05, 4.69) is 52.8 Å². The number of rotatable bonds is 5. The van der Waals surface area contributed by atoms with Crippen LogP contribution in [-0.2, 0) is 5.33 Å². The van der Waals surface area contributed by atoms with Gasteiger partial charge in [-0.3, -0.25) is 0 Å². The van der Waals surface area contributed by atoms with Crippen molar-refractivity contribution in [1.29, 1.82) is 0 Å². The molecule has 0 N–H and O–H groups in total. The number of unbranched alkanes of at least 4 members (excludes halogenated alkanes) is 1. The second kappa shape index (κ2) is 6.11. The summed E-state index contributed by atoms with van der Waals surface area (Å²) in [6.45, 7) is 5.41. The van der Waals surface area contributed by atoms with Gasteiger partial charge in [0.1, 0.15) is 5.82 Å². The van der Waals surface area contributed by atoms with E-state index in [-0.39, 0.29) is 0 Å². The van der Waals surface area contributed by atoms with Crippen LogP contribution in [0.5, 0.6) is 0 Å². The van der Waals surface area contributed by atoms with Crippen molar-refractivity contribution >= 4 is 21.7 Å². The number of pyridine rings is 1. The van der Waals surface area contributed by atoms with E-state index in [0.717, 1.165) is 17.7 Å². The second-order valence-corrected chi connectivity index (χ2v) is 4.45. The van der Waals surface area contributed by atoms with Crippen molar-refractivity contribution in [3.8, 4) is 0 Å². The fourth-order valence-corrected chi connectivity index (χ4v) is 1.91. The molecule has 84 valence electrons. The molecule has 0 bridgehead atoms. The van der Waals surface area contributed by atoms with E-state index in [4.69, 9.17) is 0 Å². The lowest BCUT2D eigenvalue weighted by molar-refractivity contribution is 0.757. The molecule has 0 amide bonds. The van der Waals surface area contributed by atoms with E-state index in [0.29, 0.717) is 0 Å². The maximum atomic E-state index is 4.50. The first-order chi connectivity index (χ1) is 7.19. The van der Waals surface area contributed by atoms with Crippen LogP contribution in [0.25, 0.3) is 0 Å². The van der Waals surface area contributed by atoms with Gasteiger partial charge < -0.3 is 4.90 Å². The summed E-state index contributed by atoms with van der Waals surface area (Å²) in [5, 5.41) is 0.875. The minimum absolute atomic E-state index is 0.875. The second-order valence-electron chi connectivity index (χ2n) is 3.89. The Morgan fingerprint density at radius 2 is 2.20 bits per heavy atom. The Labute approximate surface area is 101 Å². The standard InChI is InChI=1S/C12H19BrN2/c1-4-5-6-15(3)12-10(2)7-11(8-13)9-14-12/h7,9H,4-6,8H2,1-3H3. The van der Waals surface area contributed by atoms with Crippen LogP contribution in [0, 0.1) is 6.92 Å². The van der Waals surface area contributed by atoms with Gasteiger partial charge in [-0.05, 0) is 24.5 Å². The lowest BCUT2D eigenvalue weighted by Gasteiger charge is -2.20. The predicted octanol–water partition coefficient (Wildman–Crippen LogP) is 3.52. The SMILES string of the molecule is CCCCN(C)c1ncc(CBr)cc1C. The number of hydrogen-bond donors (Lipinski definition) is 0. The molecule has 0 unspecified atom stereocenters. The highest BCUT2D eigenvalue weighted by Gasteiger charge is 2.05. The summed E-state index contributed by atoms with van der Waals surface area (Å²) >= 11 is 3.44. The van der Waals surface area contributed by atoms with Gasteiger partial charge in [-0.25, -0.2) is 4.98 Å². The van der Waals surface area contributed by atoms with Crippen molar-refractivity contribution in [3.05, 3.63) is 23.4 Å². The van der Waals surface area contributed by atoms with Gasteiger partial charge >= 0.3 is 0 Å². The molecular weight excluding hydrogens is 252 g/mol. The largest absolute Gasteiger partial charge is 0.359 e. The van der Waals surface area contributed by atoms with Crippen molar-refractivity contribution in [1.82, 2.24) is 4.98 Å². The Bertz CT molecular complexity index is 312. The van der Waals surface area contributed by atoms with E-state index in [1.165, 1.54) is 24.0 Å². The van der Waals surface area contributed by atoms with Crippen LogP contribution >= 0.6 is 15.9 Å². The molecule has 15 heavy (non-hydrogen) atoms. The lowest BCUT2D eigenvalue weighted by atomic mass is 10.2. The van der Waals surface area contributed by atoms with E-state index in [1.807, 2.05) is 6.20 Å². The van der Waals surface area contributed by atoms with Gasteiger partial charge in [-0.1, -0.05) is 35.3 Å². The zero-order valence-electron chi connectivity index (χ0n) is 9.76. The molecule has 0 atom stereocenters. The van der Waals surface area contributed by atoms with Gasteiger partial charge in [-0.2, -0.15) is 0 Å². The maximum Gasteiger partial charge on any atom is 0.131 e. The average Bonchev–Trinajstić information content (AvgIpc) is 2.25. The van der Waals surface area contributed by atoms with Crippen LogP contribution in [0.3, 0.4) is 0 Å². The number of hydrogen-bond acceptors (Lipinski definition) is 2. The number of aryl methyl sites for hydroxylation is 1. The normalized spacial score (nSPS) is 10.4. The number of halogens is 1. The van der Waals surface area contributed by atoms with E-state index < -0.39 is 0 Å². The summed E-state index contributed by atoms with van der Waals surface area (Å²) in [7, 11) is 2.11. The predicted molar refractivity (Wildman–Crippen MR) is 69.8 cm³/mol. The van der Waals surface area contributed by atoms with Gasteiger partial charge in [0.05, 0.1) is 0 Å². The van der Waals surface area contributed by atoms with Gasteiger partial charge in [0.25, 0.3) is 0 Å². The first kappa shape index (κ1) is 12.5. The summed E-state index contributed by atoms with van der Waals surface area (Å²) in [4.78, 5) is 6.73. The summed E-state index contributed by atoms with van der Waals surface area (Å²) in [6, 6.07) is 2.19. The molecule has 1 aromatic rings. The molecule has 1 aromatic heterocycles. The van der Waals surface area contributed by atoms with E-state index >= 15 is 0 Å². The molecule has 0 fully saturated rings. The molecule has 2 nitrogen and oxygen atoms in total. The summed E-state index contributed by atoms with van der Waals surface area (Å²) in [5.74, 6) is 1.10. The molecule has 0 aromatic carbocycles. The maximum absolute atomic E-state index is 4.50. The summed E-state index contributed by atoms with van der Waals surface area (Å²) < 4.78 is 0. The third kappa shape index (κ3) is 3.49. The first-order valence-corrected chi connectivity index (χ1v) is 6.53. The average molecular weight is 271 g/mol. The first-order valence-electron chi connectivity index (χ1n) is 5.41. The fraction of sp³-hybridized carbons (Fsp3) is 0.583. The van der Waals surface area contributed by atoms with Crippen LogP contribution < -0.4 is 4.90 Å². The number of aromatic nitrogens is 1. The van der Waals surface area contributed by atoms with Crippen LogP contribution in [0.1, 0.15) is 30.9 Å². The quantitative estimate of drug-likeness (QED) is 0.762. The Balaban J connectivity index is 2.76. The molecule has 0 aliphatic carbocycles. The molecule has 0 saturated heterocycles. The van der Waals surface area contributed by atoms with Crippen molar-refractivity contribution in [2.75, 3.05) is 18.5 Å². The molecule has 0 saturated carbocycles. The van der Waals surface area contributed by atoms with E-state index in [1.54, 1.807) is 0 Å². The molecule has 1 heterocycles. The van der Waals surface area contributed by atoms with Crippen LogP contribution in [0.15, 0.2) is 12.3 Å². The van der Waals surface area contributed by atoms with Crippen LogP contribution in [-0.4, -0.2) is 18.6 Å². The molecule has 0 aliphatic rings. The third-order valence-electron chi connectivity index (χ3n) is 2.47. The highest BCUT2D eigenvalue weighted by molar-refractivity contribution is 9.08. The number of alkyl halides is 1. The molecular formula is C12H19BrN2. The Morgan fingerprint density at radius 3 is 2.73 bits per heavy atom. The smallest absolute Gasteiger partial charge is 0.131 e. The molecule has 0 spiro atoms. The van der Waals surface area contributed by atoms with E-state index in [9.17, 15) is 0 Å². The van der Waals surface area contributed by atoms with Gasteiger partial charge in [0.2, 0.25) is 0 Å². The van der Waals surface area contributed by atoms with Crippen LogP contribution in [0.2, 0.25) is 0 Å². The van der Waals surface area contributed by atoms with Gasteiger partial charge in [0.15, 0.2) is 0 Å². The zero-order chi connectivity index (χ0) is 11.3. The van der Waals surface area contributed by atoms with Crippen molar-refractivity contribution in [3.63, 3.8) is 0 Å². The molecule has 0 radical (unpaired) electrons. The molecule has 3 heteroatoms. The van der Waals surface area contributed by atoms with Crippen molar-refractivity contribution < 1.29 is 0 Å². The Hall–Kier alpha value is -0.570. The summed E-state index contributed by atoms with van der Waals surface area (Å²) in [5.41, 5.74) is 2.49. The number of nitrogens with zero attached hydrogens (tertiary/aromatic N) is 2. The Kier molecular flexibility index (Phi) is 5.09. The minimum Gasteiger partial charge on any atom is -0.359 e. The number of anilines is 1. The van der Waals surface area contributed by atoms with Gasteiger partial charge in [-0.15, -0.1) is 0 Å². The zero-order valence-corrected chi connectivity index (χ0v) is 11.3. The topological polar surface area (TPSA) is 16.1 Å². The van der Waals surface area contributed by atoms with Crippen molar-refractivity contribution in [2.45, 2.75) is 32.0 Å². The highest BCUT2D eigenvalue weighted by Crippen LogP contribution is 2.18. The monoisotopic (exact) mass is 270 g/mol. The van der Waals surface area contributed by atoms with Crippen molar-refractivity contribution in [2.24, 2.45) is 0 Å². The minimum atomic E-state index is 0.875. The lowest BCUT2D eigenvalue weighted by Crippen LogP contribution is -2.20. The summed E-state index contributed by atoms with van der Waals surface area (Å²) in [6.07, 6.45) is 4.39. The Morgan fingerprint density at radius 1 is 1.47 bits per heavy atom. The highest BCUT2D eigenvalue weighted by atomic mass is 79.9. The third-order valence-corrected chi connectivity index (χ3v) is 3.12. The molecule has 0 aliphatic heterocycles. The van der Waals surface area contributed by atoms with Crippen LogP contribution in [0.4, 0.5) is 5.82 Å². The fourth-order valence-electron chi connectivity index (χ4n) is 1.60. The van der Waals surface area contributed by atoms with Gasteiger partial charge in [0, 0.05) is 25.1 Å².